The Balaban J connectivity index is 1.65. The van der Waals surface area contributed by atoms with Crippen LogP contribution in [0.25, 0.3) is 11.4 Å². The van der Waals surface area contributed by atoms with Gasteiger partial charge in [0.05, 0.1) is 13.2 Å². The molecule has 0 N–H and O–H groups in total. The molecule has 1 aromatic carbocycles. The molecule has 7 nitrogen and oxygen atoms in total. The molecule has 29 heavy (non-hydrogen) atoms. The number of nitrogens with zero attached hydrogens (tertiary/aromatic N) is 4. The summed E-state index contributed by atoms with van der Waals surface area (Å²) in [5.41, 5.74) is 1.34. The molecule has 4 rings (SSSR count). The predicted molar refractivity (Wildman–Crippen MR) is 111 cm³/mol. The van der Waals surface area contributed by atoms with E-state index < -0.39 is 5.79 Å². The van der Waals surface area contributed by atoms with Crippen molar-refractivity contribution in [1.29, 1.82) is 0 Å². The van der Waals surface area contributed by atoms with Crippen LogP contribution >= 0.6 is 0 Å². The van der Waals surface area contributed by atoms with Crippen LogP contribution in [-0.4, -0.2) is 66.0 Å². The molecule has 0 radical (unpaired) electrons. The van der Waals surface area contributed by atoms with Gasteiger partial charge in [0.25, 0.3) is 5.91 Å². The number of carbonyl (C=O) groups excluding carboxylic acids is 1. The van der Waals surface area contributed by atoms with E-state index in [1.807, 2.05) is 50.2 Å². The van der Waals surface area contributed by atoms with Crippen LogP contribution in [-0.2, 0) is 9.47 Å². The number of carbonyl (C=O) groups is 1. The number of benzene rings is 1. The number of ether oxygens (including phenoxy) is 2. The van der Waals surface area contributed by atoms with Crippen molar-refractivity contribution in [3.8, 4) is 11.4 Å². The molecular formula is C22H28N4O3. The third-order valence-corrected chi connectivity index (χ3v) is 5.68. The van der Waals surface area contributed by atoms with Gasteiger partial charge in [0.2, 0.25) is 0 Å². The molecule has 0 aliphatic carbocycles. The Hall–Kier alpha value is -2.51. The molecule has 3 heterocycles. The van der Waals surface area contributed by atoms with E-state index in [0.29, 0.717) is 37.8 Å². The topological polar surface area (TPSA) is 67.8 Å². The highest BCUT2D eigenvalue weighted by molar-refractivity contribution is 5.93. The summed E-state index contributed by atoms with van der Waals surface area (Å²) in [7, 11) is 0. The first-order valence-electron chi connectivity index (χ1n) is 10.4. The predicted octanol–water partition coefficient (Wildman–Crippen LogP) is 2.97. The van der Waals surface area contributed by atoms with E-state index in [0.717, 1.165) is 37.3 Å². The molecule has 0 atom stereocenters. The average Bonchev–Trinajstić information content (AvgIpc) is 3.23. The fourth-order valence-electron chi connectivity index (χ4n) is 3.96. The lowest BCUT2D eigenvalue weighted by atomic mass is 10.0. The molecule has 2 aromatic rings. The van der Waals surface area contributed by atoms with E-state index in [-0.39, 0.29) is 5.91 Å². The van der Waals surface area contributed by atoms with Gasteiger partial charge in [-0.05, 0) is 13.8 Å². The quantitative estimate of drug-likeness (QED) is 0.774. The second-order valence-corrected chi connectivity index (χ2v) is 7.37. The average molecular weight is 396 g/mol. The lowest BCUT2D eigenvalue weighted by Gasteiger charge is -2.38. The molecule has 0 saturated carbocycles. The molecule has 0 bridgehead atoms. The normalized spacial score (nSPS) is 18.2. The van der Waals surface area contributed by atoms with Gasteiger partial charge in [-0.2, -0.15) is 0 Å². The maximum atomic E-state index is 13.0. The Kier molecular flexibility index (Phi) is 5.78. The van der Waals surface area contributed by atoms with E-state index in [2.05, 4.69) is 9.88 Å². The third kappa shape index (κ3) is 4.11. The second-order valence-electron chi connectivity index (χ2n) is 7.37. The zero-order valence-corrected chi connectivity index (χ0v) is 17.1. The van der Waals surface area contributed by atoms with Crippen LogP contribution in [0.5, 0.6) is 0 Å². The molecule has 154 valence electrons. The second kappa shape index (κ2) is 8.47. The van der Waals surface area contributed by atoms with Crippen LogP contribution < -0.4 is 4.90 Å². The highest BCUT2D eigenvalue weighted by Crippen LogP contribution is 2.33. The van der Waals surface area contributed by atoms with Gasteiger partial charge >= 0.3 is 0 Å². The molecule has 2 saturated heterocycles. The summed E-state index contributed by atoms with van der Waals surface area (Å²) < 4.78 is 11.7. The lowest BCUT2D eigenvalue weighted by molar-refractivity contribution is -0.169. The van der Waals surface area contributed by atoms with Gasteiger partial charge in [-0.25, -0.2) is 9.97 Å². The Bertz CT molecular complexity index is 838. The number of amides is 1. The van der Waals surface area contributed by atoms with Gasteiger partial charge < -0.3 is 19.3 Å². The lowest BCUT2D eigenvalue weighted by Crippen LogP contribution is -2.45. The van der Waals surface area contributed by atoms with Crippen molar-refractivity contribution in [3.63, 3.8) is 0 Å². The number of hydrogen-bond acceptors (Lipinski definition) is 6. The molecular weight excluding hydrogens is 368 g/mol. The van der Waals surface area contributed by atoms with Crippen molar-refractivity contribution in [2.24, 2.45) is 0 Å². The van der Waals surface area contributed by atoms with E-state index in [4.69, 9.17) is 14.5 Å². The fraction of sp³-hybridized carbons (Fsp3) is 0.500. The van der Waals surface area contributed by atoms with Crippen LogP contribution in [0, 0.1) is 0 Å². The summed E-state index contributed by atoms with van der Waals surface area (Å²) in [5, 5.41) is 0. The van der Waals surface area contributed by atoms with Crippen molar-refractivity contribution in [2.75, 3.05) is 44.3 Å². The Morgan fingerprint density at radius 3 is 2.34 bits per heavy atom. The van der Waals surface area contributed by atoms with Gasteiger partial charge in [-0.3, -0.25) is 4.79 Å². The molecule has 2 aliphatic heterocycles. The Morgan fingerprint density at radius 1 is 1.07 bits per heavy atom. The maximum Gasteiger partial charge on any atom is 0.272 e. The Labute approximate surface area is 171 Å². The van der Waals surface area contributed by atoms with Gasteiger partial charge in [-0.15, -0.1) is 0 Å². The summed E-state index contributed by atoms with van der Waals surface area (Å²) in [6.07, 6.45) is 1.58. The van der Waals surface area contributed by atoms with Gasteiger partial charge in [0.15, 0.2) is 11.6 Å². The molecule has 1 amide bonds. The number of anilines is 1. The number of rotatable bonds is 5. The van der Waals surface area contributed by atoms with Crippen LogP contribution in [0.4, 0.5) is 5.82 Å². The van der Waals surface area contributed by atoms with Crippen LogP contribution in [0.15, 0.2) is 36.4 Å². The van der Waals surface area contributed by atoms with Crippen LogP contribution in [0.2, 0.25) is 0 Å². The zero-order chi connectivity index (χ0) is 20.3. The number of aromatic nitrogens is 2. The number of piperidine rings is 1. The molecule has 2 fully saturated rings. The smallest absolute Gasteiger partial charge is 0.272 e. The standard InChI is InChI=1S/C22H28N4O3/c1-3-25(4-2)21(27)18-16-19(24-20(23-18)17-8-6-5-7-9-17)26-12-10-22(11-13-26)28-14-15-29-22/h5-9,16H,3-4,10-15H2,1-2H3. The van der Waals surface area contributed by atoms with Crippen molar-refractivity contribution in [3.05, 3.63) is 42.1 Å². The van der Waals surface area contributed by atoms with E-state index in [1.165, 1.54) is 0 Å². The van der Waals surface area contributed by atoms with E-state index >= 15 is 0 Å². The zero-order valence-electron chi connectivity index (χ0n) is 17.1. The fourth-order valence-corrected chi connectivity index (χ4v) is 3.96. The summed E-state index contributed by atoms with van der Waals surface area (Å²) in [4.78, 5) is 26.4. The van der Waals surface area contributed by atoms with Crippen LogP contribution in [0.3, 0.4) is 0 Å². The number of hydrogen-bond donors (Lipinski definition) is 0. The van der Waals surface area contributed by atoms with Crippen molar-refractivity contribution < 1.29 is 14.3 Å². The summed E-state index contributed by atoms with van der Waals surface area (Å²) in [6, 6.07) is 11.6. The molecule has 7 heteroatoms. The van der Waals surface area contributed by atoms with Crippen molar-refractivity contribution in [2.45, 2.75) is 32.5 Å². The van der Waals surface area contributed by atoms with Gasteiger partial charge in [0, 0.05) is 50.7 Å². The highest BCUT2D eigenvalue weighted by Gasteiger charge is 2.40. The Morgan fingerprint density at radius 2 is 1.72 bits per heavy atom. The first-order chi connectivity index (χ1) is 14.1. The molecule has 1 spiro atoms. The van der Waals surface area contributed by atoms with Gasteiger partial charge in [0.1, 0.15) is 11.5 Å². The minimum absolute atomic E-state index is 0.0632. The third-order valence-electron chi connectivity index (χ3n) is 5.68. The van der Waals surface area contributed by atoms with Crippen LogP contribution in [0.1, 0.15) is 37.2 Å². The van der Waals surface area contributed by atoms with E-state index in [9.17, 15) is 4.79 Å². The molecule has 2 aliphatic rings. The summed E-state index contributed by atoms with van der Waals surface area (Å²) >= 11 is 0. The largest absolute Gasteiger partial charge is 0.356 e. The minimum atomic E-state index is -0.439. The highest BCUT2D eigenvalue weighted by atomic mass is 16.7. The van der Waals surface area contributed by atoms with Crippen molar-refractivity contribution in [1.82, 2.24) is 14.9 Å². The summed E-state index contributed by atoms with van der Waals surface area (Å²) in [5.74, 6) is 0.854. The SMILES string of the molecule is CCN(CC)C(=O)c1cc(N2CCC3(CC2)OCCO3)nc(-c2ccccc2)n1. The minimum Gasteiger partial charge on any atom is -0.356 e. The first-order valence-corrected chi connectivity index (χ1v) is 10.4. The van der Waals surface area contributed by atoms with Crippen molar-refractivity contribution >= 4 is 11.7 Å². The maximum absolute atomic E-state index is 13.0. The molecule has 0 unspecified atom stereocenters. The molecule has 1 aromatic heterocycles. The first kappa shape index (κ1) is 19.8. The summed E-state index contributed by atoms with van der Waals surface area (Å²) in [6.45, 7) is 8.11. The van der Waals surface area contributed by atoms with Gasteiger partial charge in [-0.1, -0.05) is 30.3 Å². The monoisotopic (exact) mass is 396 g/mol. The van der Waals surface area contributed by atoms with E-state index in [1.54, 1.807) is 4.90 Å².